The number of carboxylic acid groups (broad SMARTS) is 1. The van der Waals surface area contributed by atoms with Crippen molar-refractivity contribution in [1.82, 2.24) is 4.98 Å². The molecule has 1 aromatic heterocycles. The second-order valence-corrected chi connectivity index (χ2v) is 5.53. The van der Waals surface area contributed by atoms with E-state index in [0.29, 0.717) is 12.0 Å². The van der Waals surface area contributed by atoms with Crippen LogP contribution in [0.3, 0.4) is 0 Å². The van der Waals surface area contributed by atoms with Crippen LogP contribution >= 0.6 is 0 Å². The fourth-order valence-corrected chi connectivity index (χ4v) is 2.85. The summed E-state index contributed by atoms with van der Waals surface area (Å²) in [6, 6.07) is 3.63. The number of fused-ring (bicyclic) bond motifs is 1. The maximum Gasteiger partial charge on any atom is 0.336 e. The Labute approximate surface area is 124 Å². The number of benzene rings is 1. The molecular formula is C17H23NO3. The van der Waals surface area contributed by atoms with Crippen molar-refractivity contribution in [3.8, 4) is 0 Å². The molecule has 0 fully saturated rings. The largest absolute Gasteiger partial charge is 0.478 e. The molecule has 0 saturated heterocycles. The summed E-state index contributed by atoms with van der Waals surface area (Å²) in [6.07, 6.45) is 4.99. The minimum Gasteiger partial charge on any atom is -0.478 e. The molecule has 21 heavy (non-hydrogen) atoms. The fourth-order valence-electron chi connectivity index (χ4n) is 2.85. The van der Waals surface area contributed by atoms with E-state index >= 15 is 0 Å². The predicted octanol–water partition coefficient (Wildman–Crippen LogP) is 3.44. The first-order chi connectivity index (χ1) is 10.1. The first-order valence-corrected chi connectivity index (χ1v) is 7.56. The molecule has 0 amide bonds. The van der Waals surface area contributed by atoms with Crippen LogP contribution in [0.4, 0.5) is 0 Å². The Hall–Kier alpha value is -1.81. The van der Waals surface area contributed by atoms with Gasteiger partial charge in [-0.3, -0.25) is 0 Å². The number of aliphatic hydroxyl groups excluding tert-OH is 1. The monoisotopic (exact) mass is 289 g/mol. The SMILES string of the molecule is CCCCCc1[nH]c2cc(C(=O)O)c(C)cc2c1CCO. The van der Waals surface area contributed by atoms with E-state index in [9.17, 15) is 15.0 Å². The molecule has 0 spiro atoms. The van der Waals surface area contributed by atoms with Gasteiger partial charge in [-0.05, 0) is 49.4 Å². The highest BCUT2D eigenvalue weighted by molar-refractivity contribution is 5.96. The molecule has 0 aliphatic heterocycles. The quantitative estimate of drug-likeness (QED) is 0.684. The Morgan fingerprint density at radius 1 is 1.24 bits per heavy atom. The first-order valence-electron chi connectivity index (χ1n) is 7.56. The number of carboxylic acids is 1. The van der Waals surface area contributed by atoms with E-state index in [1.807, 2.05) is 13.0 Å². The predicted molar refractivity (Wildman–Crippen MR) is 84.0 cm³/mol. The summed E-state index contributed by atoms with van der Waals surface area (Å²) in [5, 5.41) is 19.6. The van der Waals surface area contributed by atoms with Crippen molar-refractivity contribution in [3.05, 3.63) is 34.5 Å². The number of hydrogen-bond donors (Lipinski definition) is 3. The molecule has 1 aromatic carbocycles. The van der Waals surface area contributed by atoms with Crippen molar-refractivity contribution in [2.24, 2.45) is 0 Å². The summed E-state index contributed by atoms with van der Waals surface area (Å²) in [5.41, 5.74) is 4.21. The van der Waals surface area contributed by atoms with Crippen LogP contribution in [0, 0.1) is 6.92 Å². The number of unbranched alkanes of at least 4 members (excludes halogenated alkanes) is 2. The molecule has 4 heteroatoms. The molecule has 0 aliphatic carbocycles. The number of carbonyl (C=O) groups is 1. The fraction of sp³-hybridized carbons (Fsp3) is 0.471. The summed E-state index contributed by atoms with van der Waals surface area (Å²) in [5.74, 6) is -0.903. The average molecular weight is 289 g/mol. The zero-order valence-electron chi connectivity index (χ0n) is 12.7. The van der Waals surface area contributed by atoms with Crippen molar-refractivity contribution in [1.29, 1.82) is 0 Å². The third-order valence-corrected chi connectivity index (χ3v) is 3.96. The van der Waals surface area contributed by atoms with Crippen molar-refractivity contribution < 1.29 is 15.0 Å². The molecule has 2 rings (SSSR count). The lowest BCUT2D eigenvalue weighted by Gasteiger charge is -2.04. The Bertz CT molecular complexity index is 643. The molecule has 2 aromatic rings. The third kappa shape index (κ3) is 3.27. The summed E-state index contributed by atoms with van der Waals surface area (Å²) in [6.45, 7) is 4.09. The molecule has 0 bridgehead atoms. The summed E-state index contributed by atoms with van der Waals surface area (Å²) in [4.78, 5) is 14.6. The van der Waals surface area contributed by atoms with E-state index in [1.165, 1.54) is 6.42 Å². The van der Waals surface area contributed by atoms with Crippen LogP contribution in [0.25, 0.3) is 10.9 Å². The Balaban J connectivity index is 2.48. The van der Waals surface area contributed by atoms with Crippen molar-refractivity contribution >= 4 is 16.9 Å². The van der Waals surface area contributed by atoms with Gasteiger partial charge in [0.05, 0.1) is 5.56 Å². The zero-order chi connectivity index (χ0) is 15.4. The molecule has 3 N–H and O–H groups in total. The van der Waals surface area contributed by atoms with Gasteiger partial charge in [0.15, 0.2) is 0 Å². The average Bonchev–Trinajstić information content (AvgIpc) is 2.76. The van der Waals surface area contributed by atoms with Gasteiger partial charge in [-0.15, -0.1) is 0 Å². The van der Waals surface area contributed by atoms with Crippen molar-refractivity contribution in [2.75, 3.05) is 6.61 Å². The Kier molecular flexibility index (Phi) is 5.02. The van der Waals surface area contributed by atoms with Gasteiger partial charge in [0.25, 0.3) is 0 Å². The number of aromatic amines is 1. The van der Waals surface area contributed by atoms with Crippen LogP contribution in [0.5, 0.6) is 0 Å². The normalized spacial score (nSPS) is 11.2. The number of rotatable bonds is 7. The van der Waals surface area contributed by atoms with E-state index in [4.69, 9.17) is 0 Å². The second-order valence-electron chi connectivity index (χ2n) is 5.53. The minimum absolute atomic E-state index is 0.105. The van der Waals surface area contributed by atoms with E-state index in [0.717, 1.165) is 47.0 Å². The summed E-state index contributed by atoms with van der Waals surface area (Å²) < 4.78 is 0. The minimum atomic E-state index is -0.903. The molecule has 0 atom stereocenters. The van der Waals surface area contributed by atoms with Gasteiger partial charge in [-0.2, -0.15) is 0 Å². The Morgan fingerprint density at radius 3 is 2.62 bits per heavy atom. The van der Waals surface area contributed by atoms with Crippen LogP contribution in [-0.2, 0) is 12.8 Å². The maximum atomic E-state index is 11.2. The number of aryl methyl sites for hydroxylation is 2. The van der Waals surface area contributed by atoms with Crippen LogP contribution < -0.4 is 0 Å². The van der Waals surface area contributed by atoms with Gasteiger partial charge in [0, 0.05) is 23.2 Å². The van der Waals surface area contributed by atoms with Crippen LogP contribution in [-0.4, -0.2) is 27.8 Å². The van der Waals surface area contributed by atoms with Gasteiger partial charge >= 0.3 is 5.97 Å². The summed E-state index contributed by atoms with van der Waals surface area (Å²) in [7, 11) is 0. The van der Waals surface area contributed by atoms with Crippen LogP contribution in [0.2, 0.25) is 0 Å². The number of aliphatic hydroxyl groups is 1. The number of aromatic nitrogens is 1. The maximum absolute atomic E-state index is 11.2. The zero-order valence-corrected chi connectivity index (χ0v) is 12.7. The number of H-pyrrole nitrogens is 1. The lowest BCUT2D eigenvalue weighted by atomic mass is 10.0. The summed E-state index contributed by atoms with van der Waals surface area (Å²) >= 11 is 0. The highest BCUT2D eigenvalue weighted by Gasteiger charge is 2.15. The van der Waals surface area contributed by atoms with Gasteiger partial charge in [-0.1, -0.05) is 19.8 Å². The van der Waals surface area contributed by atoms with Crippen LogP contribution in [0.1, 0.15) is 53.4 Å². The first kappa shape index (κ1) is 15.6. The molecule has 0 saturated carbocycles. The highest BCUT2D eigenvalue weighted by Crippen LogP contribution is 2.27. The second kappa shape index (κ2) is 6.76. The lowest BCUT2D eigenvalue weighted by Crippen LogP contribution is -1.99. The molecular weight excluding hydrogens is 266 g/mol. The molecule has 0 unspecified atom stereocenters. The molecule has 1 heterocycles. The van der Waals surface area contributed by atoms with Gasteiger partial charge in [-0.25, -0.2) is 4.79 Å². The number of aromatic carboxylic acids is 1. The Morgan fingerprint density at radius 2 is 2.00 bits per heavy atom. The van der Waals surface area contributed by atoms with Gasteiger partial charge in [0.1, 0.15) is 0 Å². The number of hydrogen-bond acceptors (Lipinski definition) is 2. The van der Waals surface area contributed by atoms with E-state index in [1.54, 1.807) is 6.07 Å². The highest BCUT2D eigenvalue weighted by atomic mass is 16.4. The van der Waals surface area contributed by atoms with Gasteiger partial charge in [0.2, 0.25) is 0 Å². The van der Waals surface area contributed by atoms with E-state index in [2.05, 4.69) is 11.9 Å². The standard InChI is InChI=1S/C17H23NO3/c1-3-4-5-6-15-12(7-8-19)14-9-11(2)13(17(20)21)10-16(14)18-15/h9-10,18-19H,3-8H2,1-2H3,(H,20,21). The van der Waals surface area contributed by atoms with E-state index < -0.39 is 5.97 Å². The molecule has 4 nitrogen and oxygen atoms in total. The molecule has 0 radical (unpaired) electrons. The van der Waals surface area contributed by atoms with Gasteiger partial charge < -0.3 is 15.2 Å². The third-order valence-electron chi connectivity index (χ3n) is 3.96. The van der Waals surface area contributed by atoms with Crippen molar-refractivity contribution in [2.45, 2.75) is 46.0 Å². The lowest BCUT2D eigenvalue weighted by molar-refractivity contribution is 0.0696. The number of nitrogens with one attached hydrogen (secondary N) is 1. The van der Waals surface area contributed by atoms with E-state index in [-0.39, 0.29) is 6.61 Å². The van der Waals surface area contributed by atoms with Crippen molar-refractivity contribution in [3.63, 3.8) is 0 Å². The molecule has 114 valence electrons. The molecule has 0 aliphatic rings. The smallest absolute Gasteiger partial charge is 0.336 e. The van der Waals surface area contributed by atoms with Crippen LogP contribution in [0.15, 0.2) is 12.1 Å². The topological polar surface area (TPSA) is 73.3 Å².